The van der Waals surface area contributed by atoms with Crippen LogP contribution in [0.2, 0.25) is 0 Å². The Kier molecular flexibility index (Phi) is 3.61. The fourth-order valence-electron chi connectivity index (χ4n) is 1.41. The van der Waals surface area contributed by atoms with E-state index in [2.05, 4.69) is 25.6 Å². The summed E-state index contributed by atoms with van der Waals surface area (Å²) in [6.45, 7) is 4.77. The molecular formula is C9H18S. The molecule has 0 aliphatic carbocycles. The molecule has 0 nitrogen and oxygen atoms in total. The molecule has 1 saturated heterocycles. The van der Waals surface area contributed by atoms with Crippen LogP contribution in [0.1, 0.15) is 39.5 Å². The van der Waals surface area contributed by atoms with Crippen molar-refractivity contribution in [1.82, 2.24) is 0 Å². The van der Waals surface area contributed by atoms with Crippen LogP contribution in [0.3, 0.4) is 0 Å². The molecule has 0 amide bonds. The first-order chi connectivity index (χ1) is 4.80. The Morgan fingerprint density at radius 3 is 2.70 bits per heavy atom. The minimum Gasteiger partial charge on any atom is -0.159 e. The zero-order valence-electron chi connectivity index (χ0n) is 7.10. The molecule has 1 aliphatic heterocycles. The lowest BCUT2D eigenvalue weighted by Gasteiger charge is -2.21. The average Bonchev–Trinajstić information content (AvgIpc) is 1.92. The second kappa shape index (κ2) is 4.27. The summed E-state index contributed by atoms with van der Waals surface area (Å²) in [7, 11) is 0. The van der Waals surface area contributed by atoms with Crippen LogP contribution in [0, 0.1) is 5.92 Å². The van der Waals surface area contributed by atoms with Gasteiger partial charge in [-0.1, -0.05) is 26.7 Å². The van der Waals surface area contributed by atoms with Crippen molar-refractivity contribution in [3.63, 3.8) is 0 Å². The summed E-state index contributed by atoms with van der Waals surface area (Å²) in [4.78, 5) is 0. The molecule has 1 heteroatoms. The van der Waals surface area contributed by atoms with Crippen LogP contribution in [-0.2, 0) is 0 Å². The van der Waals surface area contributed by atoms with Crippen molar-refractivity contribution < 1.29 is 0 Å². The zero-order chi connectivity index (χ0) is 7.40. The van der Waals surface area contributed by atoms with Gasteiger partial charge in [-0.05, 0) is 24.5 Å². The summed E-state index contributed by atoms with van der Waals surface area (Å²) in [5.41, 5.74) is 0. The molecule has 0 saturated carbocycles. The Hall–Kier alpha value is 0.350. The number of hydrogen-bond acceptors (Lipinski definition) is 1. The normalized spacial score (nSPS) is 36.6. The molecule has 60 valence electrons. The van der Waals surface area contributed by atoms with Crippen LogP contribution in [0.15, 0.2) is 0 Å². The summed E-state index contributed by atoms with van der Waals surface area (Å²) in [5.74, 6) is 2.34. The van der Waals surface area contributed by atoms with Crippen LogP contribution in [0.25, 0.3) is 0 Å². The Bertz CT molecular complexity index is 78.7. The van der Waals surface area contributed by atoms with Crippen molar-refractivity contribution in [2.24, 2.45) is 5.92 Å². The highest BCUT2D eigenvalue weighted by molar-refractivity contribution is 7.99. The van der Waals surface area contributed by atoms with Crippen LogP contribution in [-0.4, -0.2) is 11.0 Å². The van der Waals surface area contributed by atoms with E-state index >= 15 is 0 Å². The van der Waals surface area contributed by atoms with Gasteiger partial charge in [0.05, 0.1) is 0 Å². The Balaban J connectivity index is 2.28. The smallest absolute Gasteiger partial charge is 0.00443 e. The molecule has 2 atom stereocenters. The van der Waals surface area contributed by atoms with Gasteiger partial charge in [0, 0.05) is 5.25 Å². The minimum atomic E-state index is 0.903. The lowest BCUT2D eigenvalue weighted by molar-refractivity contribution is 0.485. The van der Waals surface area contributed by atoms with E-state index in [-0.39, 0.29) is 0 Å². The van der Waals surface area contributed by atoms with Gasteiger partial charge in [0.25, 0.3) is 0 Å². The van der Waals surface area contributed by atoms with E-state index in [1.807, 2.05) is 0 Å². The molecule has 1 heterocycles. The highest BCUT2D eigenvalue weighted by Crippen LogP contribution is 2.27. The molecule has 1 fully saturated rings. The van der Waals surface area contributed by atoms with Crippen LogP contribution < -0.4 is 0 Å². The van der Waals surface area contributed by atoms with Gasteiger partial charge in [-0.2, -0.15) is 11.8 Å². The van der Waals surface area contributed by atoms with E-state index in [9.17, 15) is 0 Å². The van der Waals surface area contributed by atoms with Crippen LogP contribution in [0.4, 0.5) is 0 Å². The highest BCUT2D eigenvalue weighted by atomic mass is 32.2. The molecule has 0 N–H and O–H groups in total. The van der Waals surface area contributed by atoms with Crippen molar-refractivity contribution >= 4 is 11.8 Å². The van der Waals surface area contributed by atoms with Crippen molar-refractivity contribution in [2.45, 2.75) is 44.8 Å². The third-order valence-electron chi connectivity index (χ3n) is 2.49. The second-order valence-electron chi connectivity index (χ2n) is 3.40. The van der Waals surface area contributed by atoms with Crippen molar-refractivity contribution in [3.8, 4) is 0 Å². The van der Waals surface area contributed by atoms with E-state index in [0.717, 1.165) is 11.2 Å². The molecule has 0 radical (unpaired) electrons. The van der Waals surface area contributed by atoms with Gasteiger partial charge in [0.1, 0.15) is 0 Å². The first kappa shape index (κ1) is 8.45. The highest BCUT2D eigenvalue weighted by Gasteiger charge is 2.13. The quantitative estimate of drug-likeness (QED) is 0.521. The maximum absolute atomic E-state index is 2.39. The monoisotopic (exact) mass is 158 g/mol. The number of thioether (sulfide) groups is 1. The van der Waals surface area contributed by atoms with Crippen molar-refractivity contribution in [2.75, 3.05) is 5.75 Å². The topological polar surface area (TPSA) is 0 Å². The summed E-state index contributed by atoms with van der Waals surface area (Å²) in [6.07, 6.45) is 5.83. The second-order valence-corrected chi connectivity index (χ2v) is 4.89. The molecule has 1 rings (SSSR count). The van der Waals surface area contributed by atoms with Crippen molar-refractivity contribution in [1.29, 1.82) is 0 Å². The molecule has 1 aliphatic rings. The third kappa shape index (κ3) is 2.53. The average molecular weight is 158 g/mol. The fraction of sp³-hybridized carbons (Fsp3) is 1.00. The van der Waals surface area contributed by atoms with Gasteiger partial charge in [-0.3, -0.25) is 0 Å². The molecule has 0 aromatic heterocycles. The van der Waals surface area contributed by atoms with Gasteiger partial charge in [-0.25, -0.2) is 0 Å². The maximum atomic E-state index is 2.39. The molecule has 0 spiro atoms. The Morgan fingerprint density at radius 1 is 1.10 bits per heavy atom. The van der Waals surface area contributed by atoms with E-state index < -0.39 is 0 Å². The summed E-state index contributed by atoms with van der Waals surface area (Å²) in [5, 5.41) is 0.903. The summed E-state index contributed by atoms with van der Waals surface area (Å²) < 4.78 is 0. The standard InChI is InChI=1S/C9H18S/c1-8-6-4-3-5-7-10-9(8)2/h8-9H,3-7H2,1-2H3. The first-order valence-corrected chi connectivity index (χ1v) is 5.47. The molecule has 2 unspecified atom stereocenters. The van der Waals surface area contributed by atoms with Gasteiger partial charge in [-0.15, -0.1) is 0 Å². The molecule has 10 heavy (non-hydrogen) atoms. The predicted octanol–water partition coefficient (Wildman–Crippen LogP) is 3.32. The van der Waals surface area contributed by atoms with E-state index in [4.69, 9.17) is 0 Å². The van der Waals surface area contributed by atoms with Gasteiger partial charge in [0.15, 0.2) is 0 Å². The lowest BCUT2D eigenvalue weighted by Crippen LogP contribution is -2.12. The molecule has 0 aromatic carbocycles. The molecule has 0 bridgehead atoms. The number of rotatable bonds is 0. The van der Waals surface area contributed by atoms with Gasteiger partial charge >= 0.3 is 0 Å². The Labute approximate surface area is 68.8 Å². The van der Waals surface area contributed by atoms with E-state index in [0.29, 0.717) is 0 Å². The SMILES string of the molecule is CC1CCCCCSC1C. The lowest BCUT2D eigenvalue weighted by atomic mass is 10.0. The molecule has 0 aromatic rings. The fourth-order valence-corrected chi connectivity index (χ4v) is 2.62. The van der Waals surface area contributed by atoms with Crippen molar-refractivity contribution in [3.05, 3.63) is 0 Å². The van der Waals surface area contributed by atoms with Gasteiger partial charge < -0.3 is 0 Å². The molecular weight excluding hydrogens is 140 g/mol. The van der Waals surface area contributed by atoms with Crippen LogP contribution >= 0.6 is 11.8 Å². The summed E-state index contributed by atoms with van der Waals surface area (Å²) in [6, 6.07) is 0. The minimum absolute atomic E-state index is 0.903. The first-order valence-electron chi connectivity index (χ1n) is 4.42. The number of hydrogen-bond donors (Lipinski definition) is 0. The Morgan fingerprint density at radius 2 is 1.90 bits per heavy atom. The predicted molar refractivity (Wildman–Crippen MR) is 49.6 cm³/mol. The van der Waals surface area contributed by atoms with E-state index in [1.165, 1.54) is 31.4 Å². The zero-order valence-corrected chi connectivity index (χ0v) is 7.91. The third-order valence-corrected chi connectivity index (χ3v) is 4.00. The maximum Gasteiger partial charge on any atom is 0.00443 e. The van der Waals surface area contributed by atoms with Crippen LogP contribution in [0.5, 0.6) is 0 Å². The van der Waals surface area contributed by atoms with E-state index in [1.54, 1.807) is 0 Å². The van der Waals surface area contributed by atoms with Gasteiger partial charge in [0.2, 0.25) is 0 Å². The summed E-state index contributed by atoms with van der Waals surface area (Å²) >= 11 is 2.16. The largest absolute Gasteiger partial charge is 0.159 e.